The minimum Gasteiger partial charge on any atom is -0.315 e. The molecular weight excluding hydrogens is 158 g/mol. The van der Waals surface area contributed by atoms with Crippen molar-refractivity contribution in [3.8, 4) is 0 Å². The molecule has 0 aromatic carbocycles. The van der Waals surface area contributed by atoms with Crippen LogP contribution in [-0.4, -0.2) is 18.5 Å². The molecule has 0 spiro atoms. The fourth-order valence-corrected chi connectivity index (χ4v) is 1.87. The first-order valence-electron chi connectivity index (χ1n) is 4.35. The average molecular weight is 176 g/mol. The molecule has 0 aliphatic carbocycles. The van der Waals surface area contributed by atoms with Crippen molar-refractivity contribution in [2.45, 2.75) is 32.6 Å². The van der Waals surface area contributed by atoms with Crippen molar-refractivity contribution in [3.05, 3.63) is 0 Å². The first kappa shape index (κ1) is 9.34. The first-order valence-corrected chi connectivity index (χ1v) is 4.78. The summed E-state index contributed by atoms with van der Waals surface area (Å²) in [6.45, 7) is 8.97. The molecule has 1 N–H and O–H groups in total. The van der Waals surface area contributed by atoms with Gasteiger partial charge in [-0.05, 0) is 24.3 Å². The summed E-state index contributed by atoms with van der Waals surface area (Å²) in [5, 5.41) is 3.70. The second kappa shape index (κ2) is 3.32. The molecule has 0 amide bonds. The van der Waals surface area contributed by atoms with Crippen LogP contribution in [0, 0.1) is 11.3 Å². The maximum absolute atomic E-state index is 6.05. The number of rotatable bonds is 0. The Morgan fingerprint density at radius 3 is 2.27 bits per heavy atom. The summed E-state index contributed by atoms with van der Waals surface area (Å²) in [5.41, 5.74) is 0.403. The Balaban J connectivity index is 2.46. The van der Waals surface area contributed by atoms with Gasteiger partial charge in [-0.1, -0.05) is 20.8 Å². The highest BCUT2D eigenvalue weighted by Crippen LogP contribution is 2.31. The van der Waals surface area contributed by atoms with Gasteiger partial charge in [-0.2, -0.15) is 0 Å². The molecule has 1 heterocycles. The van der Waals surface area contributed by atoms with Gasteiger partial charge in [0.2, 0.25) is 0 Å². The molecule has 66 valence electrons. The van der Waals surface area contributed by atoms with Crippen LogP contribution < -0.4 is 5.32 Å². The largest absolute Gasteiger partial charge is 0.315 e. The number of nitrogens with one attached hydrogen (secondary N) is 1. The lowest BCUT2D eigenvalue weighted by Gasteiger charge is -2.36. The molecule has 1 aliphatic heterocycles. The summed E-state index contributed by atoms with van der Waals surface area (Å²) in [4.78, 5) is 0. The highest BCUT2D eigenvalue weighted by atomic mass is 35.5. The van der Waals surface area contributed by atoms with E-state index in [1.165, 1.54) is 0 Å². The highest BCUT2D eigenvalue weighted by Gasteiger charge is 2.29. The van der Waals surface area contributed by atoms with Crippen LogP contribution in [0.2, 0.25) is 0 Å². The Morgan fingerprint density at radius 1 is 1.27 bits per heavy atom. The molecule has 0 saturated carbocycles. The summed E-state index contributed by atoms with van der Waals surface area (Å²) in [6.07, 6.45) is 1.16. The number of piperidine rings is 1. The van der Waals surface area contributed by atoms with Gasteiger partial charge in [0.1, 0.15) is 0 Å². The molecule has 0 aromatic heterocycles. The molecule has 1 fully saturated rings. The van der Waals surface area contributed by atoms with Gasteiger partial charge in [0.15, 0.2) is 0 Å². The minimum atomic E-state index is 0.341. The third-order valence-electron chi connectivity index (χ3n) is 2.52. The second-order valence-corrected chi connectivity index (χ2v) is 5.17. The summed E-state index contributed by atoms with van der Waals surface area (Å²) in [6, 6.07) is 0. The van der Waals surface area contributed by atoms with E-state index in [4.69, 9.17) is 11.6 Å². The van der Waals surface area contributed by atoms with Crippen molar-refractivity contribution in [1.29, 1.82) is 0 Å². The van der Waals surface area contributed by atoms with Crippen LogP contribution in [0.5, 0.6) is 0 Å². The van der Waals surface area contributed by atoms with Crippen molar-refractivity contribution < 1.29 is 0 Å². The smallest absolute Gasteiger partial charge is 0.0464 e. The summed E-state index contributed by atoms with van der Waals surface area (Å²) < 4.78 is 0. The van der Waals surface area contributed by atoms with Crippen molar-refractivity contribution in [2.75, 3.05) is 13.1 Å². The molecule has 0 radical (unpaired) electrons. The molecule has 2 atom stereocenters. The van der Waals surface area contributed by atoms with Crippen LogP contribution in [0.4, 0.5) is 0 Å². The number of alkyl halides is 1. The number of halogens is 1. The Labute approximate surface area is 74.5 Å². The number of hydrogen-bond donors (Lipinski definition) is 1. The lowest BCUT2D eigenvalue weighted by molar-refractivity contribution is 0.195. The molecule has 1 aliphatic rings. The van der Waals surface area contributed by atoms with E-state index in [2.05, 4.69) is 26.1 Å². The van der Waals surface area contributed by atoms with Crippen molar-refractivity contribution >= 4 is 11.6 Å². The topological polar surface area (TPSA) is 12.0 Å². The van der Waals surface area contributed by atoms with E-state index in [1.54, 1.807) is 0 Å². The lowest BCUT2D eigenvalue weighted by atomic mass is 9.77. The van der Waals surface area contributed by atoms with Crippen LogP contribution in [0.1, 0.15) is 27.2 Å². The SMILES string of the molecule is CC(C)(C)C1CNCC(Cl)C1. The van der Waals surface area contributed by atoms with E-state index in [0.717, 1.165) is 25.4 Å². The van der Waals surface area contributed by atoms with E-state index < -0.39 is 0 Å². The molecule has 0 bridgehead atoms. The molecule has 1 rings (SSSR count). The number of hydrogen-bond acceptors (Lipinski definition) is 1. The third-order valence-corrected chi connectivity index (χ3v) is 2.85. The zero-order valence-corrected chi connectivity index (χ0v) is 8.41. The average Bonchev–Trinajstić information content (AvgIpc) is 1.86. The Bertz CT molecular complexity index is 128. The molecule has 1 nitrogen and oxygen atoms in total. The van der Waals surface area contributed by atoms with Gasteiger partial charge in [-0.15, -0.1) is 11.6 Å². The highest BCUT2D eigenvalue weighted by molar-refractivity contribution is 6.20. The Kier molecular flexibility index (Phi) is 2.82. The standard InChI is InChI=1S/C9H18ClN/c1-9(2,3)7-4-8(10)6-11-5-7/h7-8,11H,4-6H2,1-3H3. The molecule has 11 heavy (non-hydrogen) atoms. The molecular formula is C9H18ClN. The predicted molar refractivity (Wildman–Crippen MR) is 50.1 cm³/mol. The van der Waals surface area contributed by atoms with Crippen LogP contribution in [0.15, 0.2) is 0 Å². The molecule has 2 heteroatoms. The molecule has 0 aromatic rings. The minimum absolute atomic E-state index is 0.341. The lowest BCUT2D eigenvalue weighted by Crippen LogP contribution is -2.42. The zero-order valence-electron chi connectivity index (χ0n) is 7.65. The molecule has 1 saturated heterocycles. The van der Waals surface area contributed by atoms with Gasteiger partial charge < -0.3 is 5.32 Å². The normalized spacial score (nSPS) is 33.8. The van der Waals surface area contributed by atoms with Gasteiger partial charge in [-0.3, -0.25) is 0 Å². The van der Waals surface area contributed by atoms with Crippen molar-refractivity contribution in [1.82, 2.24) is 5.32 Å². The van der Waals surface area contributed by atoms with Gasteiger partial charge >= 0.3 is 0 Å². The van der Waals surface area contributed by atoms with Crippen LogP contribution in [0.25, 0.3) is 0 Å². The predicted octanol–water partition coefficient (Wildman–Crippen LogP) is 2.25. The fourth-order valence-electron chi connectivity index (χ4n) is 1.55. The summed E-state index contributed by atoms with van der Waals surface area (Å²) >= 11 is 6.05. The Morgan fingerprint density at radius 2 is 1.91 bits per heavy atom. The van der Waals surface area contributed by atoms with E-state index in [0.29, 0.717) is 10.8 Å². The third kappa shape index (κ3) is 2.64. The van der Waals surface area contributed by atoms with Crippen LogP contribution >= 0.6 is 11.6 Å². The molecule has 2 unspecified atom stereocenters. The zero-order chi connectivity index (χ0) is 8.48. The maximum atomic E-state index is 6.05. The van der Waals surface area contributed by atoms with E-state index in [-0.39, 0.29) is 0 Å². The van der Waals surface area contributed by atoms with Gasteiger partial charge in [0.05, 0.1) is 0 Å². The van der Waals surface area contributed by atoms with Crippen LogP contribution in [-0.2, 0) is 0 Å². The van der Waals surface area contributed by atoms with Gasteiger partial charge in [0.25, 0.3) is 0 Å². The Hall–Kier alpha value is 0.250. The first-order chi connectivity index (χ1) is 5.00. The summed E-state index contributed by atoms with van der Waals surface area (Å²) in [5.74, 6) is 0.735. The van der Waals surface area contributed by atoms with E-state index in [1.807, 2.05) is 0 Å². The maximum Gasteiger partial charge on any atom is 0.0464 e. The summed E-state index contributed by atoms with van der Waals surface area (Å²) in [7, 11) is 0. The van der Waals surface area contributed by atoms with E-state index in [9.17, 15) is 0 Å². The quantitative estimate of drug-likeness (QED) is 0.557. The van der Waals surface area contributed by atoms with Gasteiger partial charge in [0, 0.05) is 11.9 Å². The fraction of sp³-hybridized carbons (Fsp3) is 1.00. The van der Waals surface area contributed by atoms with Crippen molar-refractivity contribution in [3.63, 3.8) is 0 Å². The van der Waals surface area contributed by atoms with Crippen LogP contribution in [0.3, 0.4) is 0 Å². The van der Waals surface area contributed by atoms with E-state index >= 15 is 0 Å². The second-order valence-electron chi connectivity index (χ2n) is 4.55. The monoisotopic (exact) mass is 175 g/mol. The van der Waals surface area contributed by atoms with Gasteiger partial charge in [-0.25, -0.2) is 0 Å². The van der Waals surface area contributed by atoms with Crippen molar-refractivity contribution in [2.24, 2.45) is 11.3 Å².